The molecule has 0 aromatic heterocycles. The number of ether oxygens (including phenoxy) is 1. The topological polar surface area (TPSA) is 53.0 Å². The smallest absolute Gasteiger partial charge is 0.225 e. The highest BCUT2D eigenvalue weighted by atomic mass is 16.5. The lowest BCUT2D eigenvalue weighted by Crippen LogP contribution is -2.58. The summed E-state index contributed by atoms with van der Waals surface area (Å²) < 4.78 is 5.14. The van der Waals surface area contributed by atoms with E-state index in [0.29, 0.717) is 11.8 Å². The van der Waals surface area contributed by atoms with Gasteiger partial charge in [0.1, 0.15) is 0 Å². The van der Waals surface area contributed by atoms with E-state index < -0.39 is 5.60 Å². The number of nitrogens with zero attached hydrogens (tertiary/aromatic N) is 2. The lowest BCUT2D eigenvalue weighted by Gasteiger charge is -2.51. The molecular weight excluding hydrogens is 304 g/mol. The van der Waals surface area contributed by atoms with Crippen LogP contribution in [-0.4, -0.2) is 72.9 Å². The van der Waals surface area contributed by atoms with Gasteiger partial charge >= 0.3 is 0 Å². The van der Waals surface area contributed by atoms with Gasteiger partial charge in [-0.15, -0.1) is 0 Å². The second-order valence-corrected chi connectivity index (χ2v) is 8.16. The monoisotopic (exact) mass is 338 g/mol. The van der Waals surface area contributed by atoms with Crippen LogP contribution in [0.5, 0.6) is 0 Å². The van der Waals surface area contributed by atoms with E-state index in [0.717, 1.165) is 71.4 Å². The summed E-state index contributed by atoms with van der Waals surface area (Å²) in [6, 6.07) is 0. The Balaban J connectivity index is 1.48. The molecular formula is C19H34N2O3. The first kappa shape index (κ1) is 18.2. The van der Waals surface area contributed by atoms with E-state index >= 15 is 0 Å². The molecule has 1 saturated carbocycles. The number of piperidine rings is 2. The molecule has 3 fully saturated rings. The summed E-state index contributed by atoms with van der Waals surface area (Å²) in [6.45, 7) is 7.32. The van der Waals surface area contributed by atoms with Crippen molar-refractivity contribution in [1.29, 1.82) is 0 Å². The molecule has 0 unspecified atom stereocenters. The van der Waals surface area contributed by atoms with Crippen LogP contribution in [0.2, 0.25) is 0 Å². The van der Waals surface area contributed by atoms with Gasteiger partial charge in [0.05, 0.1) is 12.2 Å². The molecule has 0 bridgehead atoms. The Morgan fingerprint density at radius 1 is 1.21 bits per heavy atom. The maximum absolute atomic E-state index is 12.9. The zero-order valence-corrected chi connectivity index (χ0v) is 15.4. The molecule has 2 heterocycles. The van der Waals surface area contributed by atoms with Crippen molar-refractivity contribution >= 4 is 5.91 Å². The van der Waals surface area contributed by atoms with E-state index in [1.165, 1.54) is 6.42 Å². The van der Waals surface area contributed by atoms with Crippen LogP contribution in [0, 0.1) is 17.8 Å². The molecule has 5 nitrogen and oxygen atoms in total. The van der Waals surface area contributed by atoms with Crippen LogP contribution in [0.3, 0.4) is 0 Å². The molecule has 0 spiro atoms. The van der Waals surface area contributed by atoms with E-state index in [2.05, 4.69) is 11.8 Å². The third-order valence-corrected chi connectivity index (χ3v) is 6.80. The highest BCUT2D eigenvalue weighted by molar-refractivity contribution is 5.79. The van der Waals surface area contributed by atoms with Gasteiger partial charge in [-0.2, -0.15) is 0 Å². The summed E-state index contributed by atoms with van der Waals surface area (Å²) in [6.07, 6.45) is 6.26. The number of carbonyl (C=O) groups is 1. The van der Waals surface area contributed by atoms with Crippen LogP contribution in [0.25, 0.3) is 0 Å². The van der Waals surface area contributed by atoms with E-state index in [4.69, 9.17) is 4.74 Å². The van der Waals surface area contributed by atoms with Crippen molar-refractivity contribution in [2.24, 2.45) is 17.8 Å². The molecule has 2 saturated heterocycles. The molecule has 24 heavy (non-hydrogen) atoms. The highest BCUT2D eigenvalue weighted by Crippen LogP contribution is 2.44. The fourth-order valence-electron chi connectivity index (χ4n) is 4.74. The van der Waals surface area contributed by atoms with Crippen molar-refractivity contribution in [1.82, 2.24) is 9.80 Å². The van der Waals surface area contributed by atoms with E-state index in [-0.39, 0.29) is 11.8 Å². The number of methoxy groups -OCH3 is 1. The standard InChI is InChI=1S/C19H34N2O3/c1-15-14-21(11-8-19(15,23)17-4-3-5-17)18(22)16-6-9-20(10-7-16)12-13-24-2/h15-17,23H,3-14H2,1-2H3/t15-,19+/m1/s1. The van der Waals surface area contributed by atoms with E-state index in [1.54, 1.807) is 7.11 Å². The van der Waals surface area contributed by atoms with Crippen molar-refractivity contribution in [3.05, 3.63) is 0 Å². The Morgan fingerprint density at radius 2 is 1.92 bits per heavy atom. The van der Waals surface area contributed by atoms with E-state index in [9.17, 15) is 9.90 Å². The van der Waals surface area contributed by atoms with Crippen LogP contribution >= 0.6 is 0 Å². The quantitative estimate of drug-likeness (QED) is 0.830. The molecule has 0 aromatic rings. The van der Waals surface area contributed by atoms with Crippen LogP contribution in [0.1, 0.15) is 45.4 Å². The third-order valence-electron chi connectivity index (χ3n) is 6.80. The fraction of sp³-hybridized carbons (Fsp3) is 0.947. The summed E-state index contributed by atoms with van der Waals surface area (Å²) in [4.78, 5) is 17.3. The van der Waals surface area contributed by atoms with Gasteiger partial charge in [-0.1, -0.05) is 13.3 Å². The molecule has 1 N–H and O–H groups in total. The maximum atomic E-state index is 12.9. The first-order valence-electron chi connectivity index (χ1n) is 9.77. The Labute approximate surface area is 146 Å². The van der Waals surface area contributed by atoms with Gasteiger partial charge in [0.25, 0.3) is 0 Å². The van der Waals surface area contributed by atoms with Gasteiger partial charge in [-0.05, 0) is 51.1 Å². The molecule has 0 aromatic carbocycles. The minimum atomic E-state index is -0.529. The Morgan fingerprint density at radius 3 is 2.46 bits per heavy atom. The number of rotatable bonds is 5. The Kier molecular flexibility index (Phi) is 5.83. The number of carbonyl (C=O) groups excluding carboxylic acids is 1. The van der Waals surface area contributed by atoms with Gasteiger partial charge < -0.3 is 19.6 Å². The first-order valence-corrected chi connectivity index (χ1v) is 9.77. The third kappa shape index (κ3) is 3.63. The average Bonchev–Trinajstić information content (AvgIpc) is 2.54. The van der Waals surface area contributed by atoms with Crippen LogP contribution in [-0.2, 0) is 9.53 Å². The second-order valence-electron chi connectivity index (χ2n) is 8.16. The van der Waals surface area contributed by atoms with Gasteiger partial charge in [-0.3, -0.25) is 4.79 Å². The molecule has 3 rings (SSSR count). The summed E-state index contributed by atoms with van der Waals surface area (Å²) in [5, 5.41) is 11.0. The summed E-state index contributed by atoms with van der Waals surface area (Å²) in [5.74, 6) is 1.16. The minimum Gasteiger partial charge on any atom is -0.389 e. The van der Waals surface area contributed by atoms with Gasteiger partial charge in [-0.25, -0.2) is 0 Å². The number of likely N-dealkylation sites (tertiary alicyclic amines) is 2. The largest absolute Gasteiger partial charge is 0.389 e. The average molecular weight is 338 g/mol. The van der Waals surface area contributed by atoms with Gasteiger partial charge in [0.15, 0.2) is 0 Å². The summed E-state index contributed by atoms with van der Waals surface area (Å²) in [7, 11) is 1.73. The molecule has 2 aliphatic heterocycles. The molecule has 2 atom stereocenters. The van der Waals surface area contributed by atoms with Crippen LogP contribution < -0.4 is 0 Å². The number of hydrogen-bond donors (Lipinski definition) is 1. The van der Waals surface area contributed by atoms with Crippen molar-refractivity contribution < 1.29 is 14.6 Å². The summed E-state index contributed by atoms with van der Waals surface area (Å²) >= 11 is 0. The predicted molar refractivity (Wildman–Crippen MR) is 93.7 cm³/mol. The van der Waals surface area contributed by atoms with Crippen LogP contribution in [0.15, 0.2) is 0 Å². The Hall–Kier alpha value is -0.650. The lowest BCUT2D eigenvalue weighted by molar-refractivity contribution is -0.155. The fourth-order valence-corrected chi connectivity index (χ4v) is 4.74. The second kappa shape index (κ2) is 7.71. The molecule has 1 amide bonds. The van der Waals surface area contributed by atoms with Crippen molar-refractivity contribution in [2.75, 3.05) is 46.4 Å². The van der Waals surface area contributed by atoms with Crippen LogP contribution in [0.4, 0.5) is 0 Å². The van der Waals surface area contributed by atoms with Gasteiger partial charge in [0, 0.05) is 38.6 Å². The van der Waals surface area contributed by atoms with Crippen molar-refractivity contribution in [2.45, 2.75) is 51.0 Å². The zero-order valence-electron chi connectivity index (χ0n) is 15.4. The number of aliphatic hydroxyl groups is 1. The molecule has 138 valence electrons. The lowest BCUT2D eigenvalue weighted by atomic mass is 9.64. The Bertz CT molecular complexity index is 432. The molecule has 3 aliphatic rings. The number of amides is 1. The van der Waals surface area contributed by atoms with Crippen molar-refractivity contribution in [3.8, 4) is 0 Å². The SMILES string of the molecule is COCCN1CCC(C(=O)N2CC[C@@](O)(C3CCC3)[C@H](C)C2)CC1. The summed E-state index contributed by atoms with van der Waals surface area (Å²) in [5.41, 5.74) is -0.529. The maximum Gasteiger partial charge on any atom is 0.225 e. The molecule has 0 radical (unpaired) electrons. The predicted octanol–water partition coefficient (Wildman–Crippen LogP) is 1.74. The zero-order chi connectivity index (χ0) is 17.2. The normalized spacial score (nSPS) is 33.5. The van der Waals surface area contributed by atoms with E-state index in [1.807, 2.05) is 4.90 Å². The molecule has 5 heteroatoms. The van der Waals surface area contributed by atoms with Gasteiger partial charge in [0.2, 0.25) is 5.91 Å². The number of hydrogen-bond acceptors (Lipinski definition) is 4. The minimum absolute atomic E-state index is 0.172. The highest BCUT2D eigenvalue weighted by Gasteiger charge is 2.48. The molecule has 1 aliphatic carbocycles. The van der Waals surface area contributed by atoms with Crippen molar-refractivity contribution in [3.63, 3.8) is 0 Å². The first-order chi connectivity index (χ1) is 11.5.